The number of hydrogen-bond donors (Lipinski definition) is 1. The average Bonchev–Trinajstić information content (AvgIpc) is 2.62. The van der Waals surface area contributed by atoms with Crippen molar-refractivity contribution in [3.05, 3.63) is 48.2 Å². The lowest BCUT2D eigenvalue weighted by Gasteiger charge is -2.23. The van der Waals surface area contributed by atoms with Gasteiger partial charge in [-0.25, -0.2) is 4.98 Å². The third-order valence-electron chi connectivity index (χ3n) is 3.93. The Kier molecular flexibility index (Phi) is 5.77. The first-order chi connectivity index (χ1) is 11.4. The molecular weight excluding hydrogens is 308 g/mol. The molecule has 1 N–H and O–H groups in total. The molecule has 1 aliphatic rings. The van der Waals surface area contributed by atoms with Crippen LogP contribution in [0.15, 0.2) is 42.6 Å². The molecular formula is C18H22N2O2S. The van der Waals surface area contributed by atoms with Crippen molar-refractivity contribution in [2.45, 2.75) is 25.4 Å². The van der Waals surface area contributed by atoms with Crippen molar-refractivity contribution in [2.75, 3.05) is 18.6 Å². The summed E-state index contributed by atoms with van der Waals surface area (Å²) in [5.74, 6) is 4.52. The van der Waals surface area contributed by atoms with Gasteiger partial charge in [-0.2, -0.15) is 11.8 Å². The topological polar surface area (TPSA) is 43.4 Å². The minimum Gasteiger partial charge on any atom is -0.493 e. The van der Waals surface area contributed by atoms with Crippen LogP contribution in [0, 0.1) is 0 Å². The third kappa shape index (κ3) is 4.39. The van der Waals surface area contributed by atoms with E-state index in [2.05, 4.69) is 16.4 Å². The highest BCUT2D eigenvalue weighted by molar-refractivity contribution is 7.99. The third-order valence-corrected chi connectivity index (χ3v) is 4.98. The van der Waals surface area contributed by atoms with Gasteiger partial charge in [-0.05, 0) is 42.5 Å². The van der Waals surface area contributed by atoms with Gasteiger partial charge in [-0.1, -0.05) is 18.2 Å². The average molecular weight is 330 g/mol. The first-order valence-electron chi connectivity index (χ1n) is 7.92. The Labute approximate surface area is 141 Å². The molecule has 1 aromatic carbocycles. The second-order valence-corrected chi connectivity index (χ2v) is 6.71. The fraction of sp³-hybridized carbons (Fsp3) is 0.389. The number of benzene rings is 1. The van der Waals surface area contributed by atoms with Crippen LogP contribution in [0.25, 0.3) is 0 Å². The second kappa shape index (κ2) is 8.22. The summed E-state index contributed by atoms with van der Waals surface area (Å²) in [5.41, 5.74) is 1.07. The van der Waals surface area contributed by atoms with Gasteiger partial charge in [0.25, 0.3) is 0 Å². The Morgan fingerprint density at radius 3 is 2.70 bits per heavy atom. The van der Waals surface area contributed by atoms with Gasteiger partial charge in [-0.15, -0.1) is 0 Å². The minimum absolute atomic E-state index is 0.593. The number of aromatic nitrogens is 1. The normalized spacial score (nSPS) is 15.3. The lowest BCUT2D eigenvalue weighted by molar-refractivity contribution is 0.371. The molecule has 3 rings (SSSR count). The summed E-state index contributed by atoms with van der Waals surface area (Å²) in [7, 11) is 1.64. The van der Waals surface area contributed by atoms with E-state index < -0.39 is 0 Å². The zero-order chi connectivity index (χ0) is 15.9. The van der Waals surface area contributed by atoms with Gasteiger partial charge >= 0.3 is 0 Å². The number of methoxy groups -OCH3 is 1. The highest BCUT2D eigenvalue weighted by Gasteiger charge is 2.15. The Morgan fingerprint density at radius 1 is 1.13 bits per heavy atom. The van der Waals surface area contributed by atoms with Crippen LogP contribution >= 0.6 is 11.8 Å². The predicted octanol–water partition coefficient (Wildman–Crippen LogP) is 3.87. The van der Waals surface area contributed by atoms with E-state index in [9.17, 15) is 0 Å². The number of para-hydroxylation sites is 2. The van der Waals surface area contributed by atoms with Crippen LogP contribution in [0.4, 0.5) is 0 Å². The minimum atomic E-state index is 0.593. The van der Waals surface area contributed by atoms with E-state index in [1.54, 1.807) is 13.3 Å². The molecule has 5 heteroatoms. The maximum Gasteiger partial charge on any atom is 0.223 e. The summed E-state index contributed by atoms with van der Waals surface area (Å²) in [6, 6.07) is 12.2. The molecule has 1 aromatic heterocycles. The van der Waals surface area contributed by atoms with Gasteiger partial charge in [-0.3, -0.25) is 0 Å². The van der Waals surface area contributed by atoms with E-state index in [-0.39, 0.29) is 0 Å². The van der Waals surface area contributed by atoms with E-state index in [1.165, 1.54) is 24.3 Å². The standard InChI is InChI=1S/C18H22N2O2S/c1-21-16-6-2-3-7-17(16)22-18-14(5-4-10-19-18)13-20-15-8-11-23-12-9-15/h2-7,10,15,20H,8-9,11-13H2,1H3. The molecule has 0 spiro atoms. The zero-order valence-electron chi connectivity index (χ0n) is 13.3. The Balaban J connectivity index is 1.70. The van der Waals surface area contributed by atoms with Crippen LogP contribution in [-0.4, -0.2) is 29.6 Å². The SMILES string of the molecule is COc1ccccc1Oc1ncccc1CNC1CCSCC1. The quantitative estimate of drug-likeness (QED) is 0.871. The summed E-state index contributed by atoms with van der Waals surface area (Å²) in [4.78, 5) is 4.39. The maximum atomic E-state index is 5.99. The van der Waals surface area contributed by atoms with Crippen molar-refractivity contribution in [2.24, 2.45) is 0 Å². The molecule has 0 saturated carbocycles. The highest BCUT2D eigenvalue weighted by Crippen LogP contribution is 2.31. The molecule has 2 aromatic rings. The molecule has 0 radical (unpaired) electrons. The van der Waals surface area contributed by atoms with Crippen LogP contribution < -0.4 is 14.8 Å². The summed E-state index contributed by atoms with van der Waals surface area (Å²) in [5, 5.41) is 3.63. The monoisotopic (exact) mass is 330 g/mol. The number of pyridine rings is 1. The Bertz CT molecular complexity index is 630. The van der Waals surface area contributed by atoms with E-state index in [1.807, 2.05) is 42.1 Å². The predicted molar refractivity (Wildman–Crippen MR) is 94.5 cm³/mol. The van der Waals surface area contributed by atoms with E-state index >= 15 is 0 Å². The fourth-order valence-electron chi connectivity index (χ4n) is 2.61. The number of nitrogens with zero attached hydrogens (tertiary/aromatic N) is 1. The molecule has 23 heavy (non-hydrogen) atoms. The summed E-state index contributed by atoms with van der Waals surface area (Å²) >= 11 is 2.04. The molecule has 0 bridgehead atoms. The van der Waals surface area contributed by atoms with Crippen LogP contribution in [0.1, 0.15) is 18.4 Å². The lowest BCUT2D eigenvalue weighted by atomic mass is 10.1. The van der Waals surface area contributed by atoms with Crippen molar-refractivity contribution in [3.8, 4) is 17.4 Å². The molecule has 1 saturated heterocycles. The van der Waals surface area contributed by atoms with Crippen molar-refractivity contribution >= 4 is 11.8 Å². The molecule has 0 aliphatic carbocycles. The summed E-state index contributed by atoms with van der Waals surface area (Å²) < 4.78 is 11.3. The summed E-state index contributed by atoms with van der Waals surface area (Å²) in [6.45, 7) is 0.771. The largest absolute Gasteiger partial charge is 0.493 e. The molecule has 1 fully saturated rings. The Morgan fingerprint density at radius 2 is 1.91 bits per heavy atom. The van der Waals surface area contributed by atoms with Crippen molar-refractivity contribution in [1.29, 1.82) is 0 Å². The molecule has 4 nitrogen and oxygen atoms in total. The van der Waals surface area contributed by atoms with Crippen LogP contribution in [0.3, 0.4) is 0 Å². The number of hydrogen-bond acceptors (Lipinski definition) is 5. The van der Waals surface area contributed by atoms with E-state index in [4.69, 9.17) is 9.47 Å². The number of thioether (sulfide) groups is 1. The molecule has 0 unspecified atom stereocenters. The number of ether oxygens (including phenoxy) is 2. The Hall–Kier alpha value is -1.72. The molecule has 0 amide bonds. The van der Waals surface area contributed by atoms with Gasteiger partial charge in [0.05, 0.1) is 7.11 Å². The lowest BCUT2D eigenvalue weighted by Crippen LogP contribution is -2.32. The van der Waals surface area contributed by atoms with Crippen molar-refractivity contribution < 1.29 is 9.47 Å². The molecule has 2 heterocycles. The van der Waals surface area contributed by atoms with Crippen LogP contribution in [0.2, 0.25) is 0 Å². The molecule has 1 aliphatic heterocycles. The van der Waals surface area contributed by atoms with Crippen molar-refractivity contribution in [1.82, 2.24) is 10.3 Å². The number of nitrogens with one attached hydrogen (secondary N) is 1. The highest BCUT2D eigenvalue weighted by atomic mass is 32.2. The van der Waals surface area contributed by atoms with E-state index in [0.29, 0.717) is 23.4 Å². The maximum absolute atomic E-state index is 5.99. The summed E-state index contributed by atoms with van der Waals surface area (Å²) in [6.07, 6.45) is 4.22. The van der Waals surface area contributed by atoms with Gasteiger partial charge < -0.3 is 14.8 Å². The molecule has 0 atom stereocenters. The van der Waals surface area contributed by atoms with Gasteiger partial charge in [0.2, 0.25) is 5.88 Å². The number of rotatable bonds is 6. The van der Waals surface area contributed by atoms with Gasteiger partial charge in [0.1, 0.15) is 0 Å². The second-order valence-electron chi connectivity index (χ2n) is 5.49. The first kappa shape index (κ1) is 16.1. The van der Waals surface area contributed by atoms with Gasteiger partial charge in [0.15, 0.2) is 11.5 Å². The zero-order valence-corrected chi connectivity index (χ0v) is 14.1. The molecule has 122 valence electrons. The van der Waals surface area contributed by atoms with Crippen LogP contribution in [-0.2, 0) is 6.54 Å². The van der Waals surface area contributed by atoms with Crippen LogP contribution in [0.5, 0.6) is 17.4 Å². The fourth-order valence-corrected chi connectivity index (χ4v) is 3.72. The van der Waals surface area contributed by atoms with Gasteiger partial charge in [0, 0.05) is 24.3 Å². The first-order valence-corrected chi connectivity index (χ1v) is 9.08. The van der Waals surface area contributed by atoms with Crippen molar-refractivity contribution in [3.63, 3.8) is 0 Å². The smallest absolute Gasteiger partial charge is 0.223 e. The van der Waals surface area contributed by atoms with E-state index in [0.717, 1.165) is 12.1 Å².